The molecule has 2 aromatic carbocycles. The van der Waals surface area contributed by atoms with Gasteiger partial charge in [-0.05, 0) is 50.1 Å². The SMILES string of the molecule is CCCC(CN(CC)CC)OC(=O)Cc1ccccc1.CCCC(CN(CC)CC)OC(=O)Cc1ccccc1.Cl. The fraction of sp³-hybridized carbons (Fsp3) is 0.588. The van der Waals surface area contributed by atoms with Gasteiger partial charge in [-0.3, -0.25) is 9.59 Å². The van der Waals surface area contributed by atoms with Gasteiger partial charge in [-0.15, -0.1) is 12.4 Å². The molecule has 0 saturated heterocycles. The summed E-state index contributed by atoms with van der Waals surface area (Å²) in [6, 6.07) is 19.5. The van der Waals surface area contributed by atoms with Crippen LogP contribution in [0.3, 0.4) is 0 Å². The molecule has 0 radical (unpaired) electrons. The Labute approximate surface area is 256 Å². The Kier molecular flexibility index (Phi) is 22.8. The molecule has 41 heavy (non-hydrogen) atoms. The number of benzene rings is 2. The second-order valence-electron chi connectivity index (χ2n) is 10.1. The third kappa shape index (κ3) is 17.9. The molecule has 0 aromatic heterocycles. The molecule has 0 aliphatic heterocycles. The Morgan fingerprint density at radius 2 is 0.902 bits per heavy atom. The van der Waals surface area contributed by atoms with E-state index in [0.29, 0.717) is 12.8 Å². The van der Waals surface area contributed by atoms with Crippen LogP contribution in [0.1, 0.15) is 78.4 Å². The van der Waals surface area contributed by atoms with Gasteiger partial charge in [0.25, 0.3) is 0 Å². The lowest BCUT2D eigenvalue weighted by atomic mass is 10.1. The molecular weight excluding hydrogens is 536 g/mol. The number of hydrogen-bond donors (Lipinski definition) is 0. The highest BCUT2D eigenvalue weighted by molar-refractivity contribution is 5.85. The molecule has 232 valence electrons. The van der Waals surface area contributed by atoms with E-state index in [1.165, 1.54) is 0 Å². The summed E-state index contributed by atoms with van der Waals surface area (Å²) >= 11 is 0. The zero-order valence-electron chi connectivity index (χ0n) is 26.3. The monoisotopic (exact) mass is 590 g/mol. The van der Waals surface area contributed by atoms with E-state index >= 15 is 0 Å². The lowest BCUT2D eigenvalue weighted by Crippen LogP contribution is -2.35. The molecule has 0 aliphatic carbocycles. The molecule has 6 nitrogen and oxygen atoms in total. The second kappa shape index (κ2) is 24.2. The first-order valence-electron chi connectivity index (χ1n) is 15.3. The molecule has 0 spiro atoms. The standard InChI is InChI=1S/2C17H27NO2.ClH/c2*1-4-10-16(14-18(5-2)6-3)20-17(19)13-15-11-8-7-9-12-15;/h2*7-9,11-12,16H,4-6,10,13-14H2,1-3H3;1H. The van der Waals surface area contributed by atoms with E-state index in [0.717, 1.165) is 76.1 Å². The van der Waals surface area contributed by atoms with E-state index in [1.54, 1.807) is 0 Å². The number of ether oxygens (including phenoxy) is 2. The molecule has 0 bridgehead atoms. The van der Waals surface area contributed by atoms with Crippen molar-refractivity contribution in [2.24, 2.45) is 0 Å². The van der Waals surface area contributed by atoms with E-state index in [9.17, 15) is 9.59 Å². The minimum absolute atomic E-state index is 0. The summed E-state index contributed by atoms with van der Waals surface area (Å²) in [5.74, 6) is -0.247. The van der Waals surface area contributed by atoms with Gasteiger partial charge in [0.15, 0.2) is 0 Å². The van der Waals surface area contributed by atoms with Gasteiger partial charge in [-0.25, -0.2) is 0 Å². The first-order chi connectivity index (χ1) is 19.4. The van der Waals surface area contributed by atoms with Crippen LogP contribution in [0.4, 0.5) is 0 Å². The highest BCUT2D eigenvalue weighted by Gasteiger charge is 2.18. The fourth-order valence-electron chi connectivity index (χ4n) is 4.54. The summed E-state index contributed by atoms with van der Waals surface area (Å²) in [5, 5.41) is 0. The van der Waals surface area contributed by atoms with Crippen LogP contribution in [-0.2, 0) is 31.9 Å². The molecule has 2 atom stereocenters. The van der Waals surface area contributed by atoms with Gasteiger partial charge in [-0.1, -0.05) is 115 Å². The molecular formula is C34H55ClN2O4. The summed E-state index contributed by atoms with van der Waals surface area (Å²) in [4.78, 5) is 28.6. The van der Waals surface area contributed by atoms with Crippen molar-refractivity contribution in [3.05, 3.63) is 71.8 Å². The second-order valence-corrected chi connectivity index (χ2v) is 10.1. The summed E-state index contributed by atoms with van der Waals surface area (Å²) in [7, 11) is 0. The molecule has 2 rings (SSSR count). The molecule has 2 aromatic rings. The van der Waals surface area contributed by atoms with Gasteiger partial charge < -0.3 is 19.3 Å². The summed E-state index contributed by atoms with van der Waals surface area (Å²) in [6.07, 6.45) is 4.66. The average Bonchev–Trinajstić information content (AvgIpc) is 2.96. The van der Waals surface area contributed by atoms with Crippen molar-refractivity contribution in [2.45, 2.75) is 92.3 Å². The van der Waals surface area contributed by atoms with Crippen LogP contribution in [-0.4, -0.2) is 73.2 Å². The first-order valence-corrected chi connectivity index (χ1v) is 15.3. The molecule has 7 heteroatoms. The molecule has 0 heterocycles. The van der Waals surface area contributed by atoms with Gasteiger partial charge in [0.1, 0.15) is 12.2 Å². The van der Waals surface area contributed by atoms with Crippen LogP contribution in [0.2, 0.25) is 0 Å². The van der Waals surface area contributed by atoms with E-state index in [1.807, 2.05) is 60.7 Å². The zero-order chi connectivity index (χ0) is 29.6. The molecule has 0 N–H and O–H groups in total. The predicted octanol–water partition coefficient (Wildman–Crippen LogP) is 6.99. The van der Waals surface area contributed by atoms with Crippen molar-refractivity contribution in [3.8, 4) is 0 Å². The maximum absolute atomic E-state index is 12.0. The van der Waals surface area contributed by atoms with Crippen molar-refractivity contribution in [1.29, 1.82) is 0 Å². The van der Waals surface area contributed by atoms with Crippen LogP contribution >= 0.6 is 12.4 Å². The Hall–Kier alpha value is -2.41. The van der Waals surface area contributed by atoms with Crippen molar-refractivity contribution in [1.82, 2.24) is 9.80 Å². The van der Waals surface area contributed by atoms with Crippen LogP contribution in [0.5, 0.6) is 0 Å². The number of halogens is 1. The Balaban J connectivity index is 0.000000762. The minimum atomic E-state index is -0.123. The van der Waals surface area contributed by atoms with Gasteiger partial charge >= 0.3 is 11.9 Å². The van der Waals surface area contributed by atoms with Crippen molar-refractivity contribution in [2.75, 3.05) is 39.3 Å². The van der Waals surface area contributed by atoms with E-state index in [4.69, 9.17) is 9.47 Å². The number of nitrogens with zero attached hydrogens (tertiary/aromatic N) is 2. The third-order valence-corrected chi connectivity index (χ3v) is 6.91. The highest BCUT2D eigenvalue weighted by atomic mass is 35.5. The Morgan fingerprint density at radius 3 is 1.17 bits per heavy atom. The van der Waals surface area contributed by atoms with E-state index in [-0.39, 0.29) is 36.6 Å². The fourth-order valence-corrected chi connectivity index (χ4v) is 4.54. The molecule has 2 unspecified atom stereocenters. The van der Waals surface area contributed by atoms with Crippen LogP contribution in [0, 0.1) is 0 Å². The largest absolute Gasteiger partial charge is 0.461 e. The average molecular weight is 591 g/mol. The van der Waals surface area contributed by atoms with E-state index in [2.05, 4.69) is 51.3 Å². The molecule has 0 amide bonds. The van der Waals surface area contributed by atoms with Gasteiger partial charge in [0.05, 0.1) is 12.8 Å². The minimum Gasteiger partial charge on any atom is -0.461 e. The predicted molar refractivity (Wildman–Crippen MR) is 173 cm³/mol. The third-order valence-electron chi connectivity index (χ3n) is 6.91. The van der Waals surface area contributed by atoms with Gasteiger partial charge in [0, 0.05) is 13.1 Å². The quantitative estimate of drug-likeness (QED) is 0.174. The number of likely N-dealkylation sites (N-methyl/N-ethyl adjacent to an activating group) is 2. The summed E-state index contributed by atoms with van der Waals surface area (Å²) in [6.45, 7) is 18.4. The number of esters is 2. The topological polar surface area (TPSA) is 59.1 Å². The molecule has 0 saturated carbocycles. The smallest absolute Gasteiger partial charge is 0.310 e. The van der Waals surface area contributed by atoms with Crippen LogP contribution < -0.4 is 0 Å². The summed E-state index contributed by atoms with van der Waals surface area (Å²) in [5.41, 5.74) is 2.02. The molecule has 0 aliphatic rings. The van der Waals surface area contributed by atoms with Crippen molar-refractivity contribution in [3.63, 3.8) is 0 Å². The van der Waals surface area contributed by atoms with Crippen LogP contribution in [0.15, 0.2) is 60.7 Å². The lowest BCUT2D eigenvalue weighted by Gasteiger charge is -2.25. The lowest BCUT2D eigenvalue weighted by molar-refractivity contribution is -0.150. The van der Waals surface area contributed by atoms with E-state index < -0.39 is 0 Å². The number of hydrogen-bond acceptors (Lipinski definition) is 6. The summed E-state index contributed by atoms with van der Waals surface area (Å²) < 4.78 is 11.3. The maximum Gasteiger partial charge on any atom is 0.310 e. The van der Waals surface area contributed by atoms with Gasteiger partial charge in [0.2, 0.25) is 0 Å². The normalized spacial score (nSPS) is 12.1. The van der Waals surface area contributed by atoms with Crippen LogP contribution in [0.25, 0.3) is 0 Å². The number of carbonyl (C=O) groups is 2. The number of carbonyl (C=O) groups excluding carboxylic acids is 2. The van der Waals surface area contributed by atoms with Crippen molar-refractivity contribution < 1.29 is 19.1 Å². The highest BCUT2D eigenvalue weighted by Crippen LogP contribution is 2.10. The number of rotatable bonds is 18. The van der Waals surface area contributed by atoms with Gasteiger partial charge in [-0.2, -0.15) is 0 Å². The van der Waals surface area contributed by atoms with Crippen molar-refractivity contribution >= 4 is 24.3 Å². The Bertz CT molecular complexity index is 830. The maximum atomic E-state index is 12.0. The molecule has 0 fully saturated rings. The first kappa shape index (κ1) is 38.6. The zero-order valence-corrected chi connectivity index (χ0v) is 27.2. The Morgan fingerprint density at radius 1 is 0.585 bits per heavy atom.